The van der Waals surface area contributed by atoms with Gasteiger partial charge in [-0.25, -0.2) is 4.79 Å². The molecular formula is C32H34ClN5O5. The molecule has 5 rings (SSSR count). The van der Waals surface area contributed by atoms with Crippen LogP contribution in [0, 0.1) is 6.92 Å². The van der Waals surface area contributed by atoms with Crippen molar-refractivity contribution in [2.75, 3.05) is 49.1 Å². The number of alkyl halides is 1. The topological polar surface area (TPSA) is 114 Å². The fraction of sp³-hybridized carbons (Fsp3) is 0.281. The molecule has 0 bridgehead atoms. The summed E-state index contributed by atoms with van der Waals surface area (Å²) in [6, 6.07) is 18.3. The number of carbonyl (C=O) groups is 2. The lowest BCUT2D eigenvalue weighted by atomic mass is 10.0. The smallest absolute Gasteiger partial charge is 0.323 e. The van der Waals surface area contributed by atoms with E-state index in [2.05, 4.69) is 20.9 Å². The molecule has 1 fully saturated rings. The number of hydrogen-bond donors (Lipinski definition) is 3. The summed E-state index contributed by atoms with van der Waals surface area (Å²) in [6.45, 7) is 3.32. The Morgan fingerprint density at radius 3 is 2.21 bits per heavy atom. The van der Waals surface area contributed by atoms with Gasteiger partial charge in [0.05, 0.1) is 19.7 Å². The second-order valence-corrected chi connectivity index (χ2v) is 10.5. The summed E-state index contributed by atoms with van der Waals surface area (Å²) >= 11 is 5.67. The van der Waals surface area contributed by atoms with Gasteiger partial charge in [-0.2, -0.15) is 0 Å². The van der Waals surface area contributed by atoms with Crippen molar-refractivity contribution in [2.45, 2.75) is 25.8 Å². The molecule has 0 unspecified atom stereocenters. The maximum Gasteiger partial charge on any atom is 0.323 e. The van der Waals surface area contributed by atoms with Crippen LogP contribution in [-0.2, 0) is 4.79 Å². The van der Waals surface area contributed by atoms with Gasteiger partial charge < -0.3 is 35.1 Å². The van der Waals surface area contributed by atoms with Crippen molar-refractivity contribution >= 4 is 51.5 Å². The van der Waals surface area contributed by atoms with Gasteiger partial charge in [0.15, 0.2) is 11.5 Å². The number of nitrogens with zero attached hydrogens (tertiary/aromatic N) is 2. The van der Waals surface area contributed by atoms with Crippen LogP contribution in [0.1, 0.15) is 18.4 Å². The minimum absolute atomic E-state index is 0.0204. The fourth-order valence-electron chi connectivity index (χ4n) is 4.98. The Balaban J connectivity index is 1.20. The van der Waals surface area contributed by atoms with Crippen LogP contribution >= 0.6 is 11.6 Å². The lowest BCUT2D eigenvalue weighted by Crippen LogP contribution is -2.42. The zero-order valence-electron chi connectivity index (χ0n) is 24.3. The molecule has 3 amide bonds. The van der Waals surface area contributed by atoms with Crippen LogP contribution < -0.4 is 30.2 Å². The van der Waals surface area contributed by atoms with Gasteiger partial charge in [-0.3, -0.25) is 9.78 Å². The number of pyridine rings is 1. The number of hydrogen-bond acceptors (Lipinski definition) is 7. The Morgan fingerprint density at radius 1 is 0.860 bits per heavy atom. The summed E-state index contributed by atoms with van der Waals surface area (Å²) in [5.74, 6) is 2.34. The summed E-state index contributed by atoms with van der Waals surface area (Å²) in [5.41, 5.74) is 3.78. The molecule has 4 aromatic rings. The van der Waals surface area contributed by atoms with E-state index in [0.29, 0.717) is 53.0 Å². The number of methoxy groups -OCH3 is 2. The number of nitrogens with one attached hydrogen (secondary N) is 3. The number of halogens is 1. The van der Waals surface area contributed by atoms with Gasteiger partial charge >= 0.3 is 6.03 Å². The van der Waals surface area contributed by atoms with E-state index < -0.39 is 0 Å². The van der Waals surface area contributed by atoms with Crippen LogP contribution in [0.15, 0.2) is 66.9 Å². The number of piperidine rings is 1. The molecule has 3 aromatic carbocycles. The second-order valence-electron chi connectivity index (χ2n) is 10.2. The monoisotopic (exact) mass is 603 g/mol. The maximum absolute atomic E-state index is 12.8. The number of amides is 3. The molecule has 0 atom stereocenters. The van der Waals surface area contributed by atoms with E-state index in [1.807, 2.05) is 49.4 Å². The number of likely N-dealkylation sites (tertiary alicyclic amines) is 1. The van der Waals surface area contributed by atoms with Gasteiger partial charge in [0.1, 0.15) is 17.4 Å². The third kappa shape index (κ3) is 7.21. The Kier molecular flexibility index (Phi) is 9.36. The van der Waals surface area contributed by atoms with Crippen molar-refractivity contribution < 1.29 is 23.8 Å². The summed E-state index contributed by atoms with van der Waals surface area (Å²) in [5, 5.41) is 10.0. The summed E-state index contributed by atoms with van der Waals surface area (Å²) in [6.07, 6.45) is 3.38. The number of benzene rings is 3. The first-order chi connectivity index (χ1) is 20.9. The van der Waals surface area contributed by atoms with Crippen LogP contribution in [0.2, 0.25) is 0 Å². The second kappa shape index (κ2) is 13.5. The SMILES string of the molecule is COc1cc2nccc(Oc3cc(NC(=O)Nc4ccc(NC5CCN(C(=O)CCl)CC5)cc4)ccc3C)c2cc1OC. The van der Waals surface area contributed by atoms with Crippen LogP contribution in [0.5, 0.6) is 23.0 Å². The normalized spacial score (nSPS) is 13.3. The molecule has 224 valence electrons. The molecule has 1 aliphatic rings. The van der Waals surface area contributed by atoms with Crippen molar-refractivity contribution in [1.29, 1.82) is 0 Å². The summed E-state index contributed by atoms with van der Waals surface area (Å²) in [4.78, 5) is 30.8. The highest BCUT2D eigenvalue weighted by atomic mass is 35.5. The lowest BCUT2D eigenvalue weighted by Gasteiger charge is -2.32. The Morgan fingerprint density at radius 2 is 1.51 bits per heavy atom. The number of ether oxygens (including phenoxy) is 3. The predicted octanol–water partition coefficient (Wildman–Crippen LogP) is 6.64. The molecule has 2 heterocycles. The van der Waals surface area contributed by atoms with Gasteiger partial charge in [0.2, 0.25) is 5.91 Å². The minimum atomic E-state index is -0.377. The van der Waals surface area contributed by atoms with E-state index in [0.717, 1.165) is 29.5 Å². The maximum atomic E-state index is 12.8. The van der Waals surface area contributed by atoms with E-state index in [1.165, 1.54) is 0 Å². The standard InChI is InChI=1S/C32H34ClN5O5/c1-20-4-5-24(16-28(20)43-27-10-13-34-26-18-30(42-3)29(41-2)17-25(26)27)37-32(40)36-22-8-6-21(7-9-22)35-23-11-14-38(15-12-23)31(39)19-33/h4-10,13,16-18,23,35H,11-12,14-15,19H2,1-3H3,(H2,36,37,40). The highest BCUT2D eigenvalue weighted by Gasteiger charge is 2.22. The minimum Gasteiger partial charge on any atom is -0.493 e. The number of aromatic nitrogens is 1. The van der Waals surface area contributed by atoms with E-state index in [9.17, 15) is 9.59 Å². The van der Waals surface area contributed by atoms with E-state index in [-0.39, 0.29) is 23.9 Å². The number of aryl methyl sites for hydroxylation is 1. The first-order valence-electron chi connectivity index (χ1n) is 13.9. The molecule has 0 spiro atoms. The van der Waals surface area contributed by atoms with Crippen molar-refractivity contribution in [2.24, 2.45) is 0 Å². The number of rotatable bonds is 9. The molecule has 0 radical (unpaired) electrons. The van der Waals surface area contributed by atoms with Crippen LogP contribution in [-0.4, -0.2) is 61.1 Å². The number of anilines is 3. The molecule has 1 aromatic heterocycles. The van der Waals surface area contributed by atoms with Crippen molar-refractivity contribution in [1.82, 2.24) is 9.88 Å². The Hall–Kier alpha value is -4.70. The summed E-state index contributed by atoms with van der Waals surface area (Å²) in [7, 11) is 3.16. The zero-order chi connectivity index (χ0) is 30.3. The largest absolute Gasteiger partial charge is 0.493 e. The van der Waals surface area contributed by atoms with Gasteiger partial charge in [0, 0.05) is 59.9 Å². The highest BCUT2D eigenvalue weighted by Crippen LogP contribution is 2.38. The molecule has 11 heteroatoms. The lowest BCUT2D eigenvalue weighted by molar-refractivity contribution is -0.129. The Labute approximate surface area is 255 Å². The van der Waals surface area contributed by atoms with E-state index in [4.69, 9.17) is 25.8 Å². The van der Waals surface area contributed by atoms with Gasteiger partial charge in [0.25, 0.3) is 0 Å². The van der Waals surface area contributed by atoms with Gasteiger partial charge in [-0.15, -0.1) is 11.6 Å². The first-order valence-corrected chi connectivity index (χ1v) is 14.5. The van der Waals surface area contributed by atoms with Crippen LogP contribution in [0.3, 0.4) is 0 Å². The van der Waals surface area contributed by atoms with Gasteiger partial charge in [-0.1, -0.05) is 6.07 Å². The molecule has 0 aliphatic carbocycles. The van der Waals surface area contributed by atoms with Gasteiger partial charge in [-0.05, 0) is 67.8 Å². The number of fused-ring (bicyclic) bond motifs is 1. The highest BCUT2D eigenvalue weighted by molar-refractivity contribution is 6.27. The molecule has 0 saturated carbocycles. The van der Waals surface area contributed by atoms with E-state index in [1.54, 1.807) is 43.5 Å². The van der Waals surface area contributed by atoms with Crippen molar-refractivity contribution in [3.63, 3.8) is 0 Å². The fourth-order valence-corrected chi connectivity index (χ4v) is 5.15. The van der Waals surface area contributed by atoms with Crippen molar-refractivity contribution in [3.8, 4) is 23.0 Å². The number of carbonyl (C=O) groups excluding carboxylic acids is 2. The molecule has 3 N–H and O–H groups in total. The first kappa shape index (κ1) is 29.8. The third-order valence-electron chi connectivity index (χ3n) is 7.35. The molecular weight excluding hydrogens is 570 g/mol. The average molecular weight is 604 g/mol. The predicted molar refractivity (Wildman–Crippen MR) is 169 cm³/mol. The zero-order valence-corrected chi connectivity index (χ0v) is 25.0. The molecule has 1 saturated heterocycles. The average Bonchev–Trinajstić information content (AvgIpc) is 3.03. The third-order valence-corrected chi connectivity index (χ3v) is 7.58. The Bertz CT molecular complexity index is 1610. The van der Waals surface area contributed by atoms with Crippen LogP contribution in [0.4, 0.5) is 21.9 Å². The van der Waals surface area contributed by atoms with Crippen LogP contribution in [0.25, 0.3) is 10.9 Å². The summed E-state index contributed by atoms with van der Waals surface area (Å²) < 4.78 is 17.1. The molecule has 1 aliphatic heterocycles. The van der Waals surface area contributed by atoms with E-state index >= 15 is 0 Å². The molecule has 10 nitrogen and oxygen atoms in total. The number of urea groups is 1. The van der Waals surface area contributed by atoms with Crippen molar-refractivity contribution in [3.05, 3.63) is 72.4 Å². The molecule has 43 heavy (non-hydrogen) atoms. The quantitative estimate of drug-likeness (QED) is 0.184.